The summed E-state index contributed by atoms with van der Waals surface area (Å²) in [6, 6.07) is 18.3. The van der Waals surface area contributed by atoms with E-state index in [9.17, 15) is 9.59 Å². The monoisotopic (exact) mass is 471 g/mol. The Kier molecular flexibility index (Phi) is 6.33. The van der Waals surface area contributed by atoms with Crippen LogP contribution < -0.4 is 10.2 Å². The topological polar surface area (TPSA) is 62.3 Å². The smallest absolute Gasteiger partial charge is 0.268 e. The fourth-order valence-electron chi connectivity index (χ4n) is 4.80. The van der Waals surface area contributed by atoms with Crippen molar-refractivity contribution in [3.63, 3.8) is 0 Å². The summed E-state index contributed by atoms with van der Waals surface area (Å²) in [6.07, 6.45) is 5.10. The summed E-state index contributed by atoms with van der Waals surface area (Å²) in [5, 5.41) is 5.14. The van der Waals surface area contributed by atoms with Crippen molar-refractivity contribution in [2.45, 2.75) is 52.0 Å². The van der Waals surface area contributed by atoms with E-state index in [2.05, 4.69) is 36.5 Å². The minimum Gasteiger partial charge on any atom is -0.352 e. The van der Waals surface area contributed by atoms with Gasteiger partial charge in [-0.2, -0.15) is 0 Å². The van der Waals surface area contributed by atoms with E-state index in [1.165, 1.54) is 11.3 Å². The van der Waals surface area contributed by atoms with Gasteiger partial charge in [-0.1, -0.05) is 50.1 Å². The summed E-state index contributed by atoms with van der Waals surface area (Å²) in [5.41, 5.74) is 3.92. The Morgan fingerprint density at radius 2 is 1.85 bits per heavy atom. The number of hydrogen-bond acceptors (Lipinski definition) is 4. The van der Waals surface area contributed by atoms with Crippen LogP contribution in [0.4, 0.5) is 5.69 Å². The molecule has 0 unspecified atom stereocenters. The molecule has 2 amide bonds. The zero-order valence-electron chi connectivity index (χ0n) is 19.6. The van der Waals surface area contributed by atoms with Crippen LogP contribution in [0.25, 0.3) is 21.1 Å². The Morgan fingerprint density at radius 1 is 1.06 bits per heavy atom. The van der Waals surface area contributed by atoms with E-state index in [0.717, 1.165) is 70.0 Å². The SMILES string of the molecule is CCc1ccccc1N(CC(=O)NC1CCCC1)C(=O)c1cc2cc3ccc(C)cc3nc2s1. The number of carbonyl (C=O) groups is 2. The molecule has 0 bridgehead atoms. The van der Waals surface area contributed by atoms with E-state index in [1.54, 1.807) is 4.90 Å². The summed E-state index contributed by atoms with van der Waals surface area (Å²) < 4.78 is 0. The summed E-state index contributed by atoms with van der Waals surface area (Å²) in [7, 11) is 0. The number of nitrogens with one attached hydrogen (secondary N) is 1. The van der Waals surface area contributed by atoms with Gasteiger partial charge in [0.2, 0.25) is 5.91 Å². The summed E-state index contributed by atoms with van der Waals surface area (Å²) in [6.45, 7) is 4.13. The molecule has 6 heteroatoms. The number of fused-ring (bicyclic) bond motifs is 2. The van der Waals surface area contributed by atoms with Crippen LogP contribution in [-0.4, -0.2) is 29.4 Å². The normalized spacial score (nSPS) is 14.1. The quantitative estimate of drug-likeness (QED) is 0.374. The molecule has 0 saturated heterocycles. The first kappa shape index (κ1) is 22.5. The third-order valence-corrected chi connectivity index (χ3v) is 7.63. The van der Waals surface area contributed by atoms with Crippen molar-refractivity contribution >= 4 is 50.0 Å². The summed E-state index contributed by atoms with van der Waals surface area (Å²) in [5.74, 6) is -0.266. The Hall–Kier alpha value is -3.25. The maximum atomic E-state index is 13.8. The van der Waals surface area contributed by atoms with Gasteiger partial charge >= 0.3 is 0 Å². The lowest BCUT2D eigenvalue weighted by Gasteiger charge is -2.25. The lowest BCUT2D eigenvalue weighted by molar-refractivity contribution is -0.120. The molecule has 2 aromatic heterocycles. The van der Waals surface area contributed by atoms with E-state index in [1.807, 2.05) is 37.3 Å². The molecule has 1 aliphatic carbocycles. The molecule has 0 atom stereocenters. The molecule has 5 nitrogen and oxygen atoms in total. The van der Waals surface area contributed by atoms with E-state index in [-0.39, 0.29) is 24.4 Å². The highest BCUT2D eigenvalue weighted by atomic mass is 32.1. The van der Waals surface area contributed by atoms with Crippen LogP contribution in [0.2, 0.25) is 0 Å². The first-order chi connectivity index (χ1) is 16.5. The number of aromatic nitrogens is 1. The van der Waals surface area contributed by atoms with E-state index in [4.69, 9.17) is 4.98 Å². The summed E-state index contributed by atoms with van der Waals surface area (Å²) >= 11 is 1.39. The van der Waals surface area contributed by atoms with Crippen molar-refractivity contribution in [2.24, 2.45) is 0 Å². The highest BCUT2D eigenvalue weighted by molar-refractivity contribution is 7.20. The van der Waals surface area contributed by atoms with Gasteiger partial charge in [0.15, 0.2) is 0 Å². The average molecular weight is 472 g/mol. The van der Waals surface area contributed by atoms with Gasteiger partial charge in [0.25, 0.3) is 5.91 Å². The minimum absolute atomic E-state index is 0.00912. The molecule has 34 heavy (non-hydrogen) atoms. The Morgan fingerprint density at radius 3 is 2.65 bits per heavy atom. The van der Waals surface area contributed by atoms with Crippen LogP contribution in [0, 0.1) is 6.92 Å². The number of para-hydroxylation sites is 1. The van der Waals surface area contributed by atoms with Gasteiger partial charge in [-0.25, -0.2) is 4.98 Å². The van der Waals surface area contributed by atoms with E-state index in [0.29, 0.717) is 4.88 Å². The number of pyridine rings is 1. The zero-order valence-corrected chi connectivity index (χ0v) is 20.5. The van der Waals surface area contributed by atoms with Crippen molar-refractivity contribution in [2.75, 3.05) is 11.4 Å². The number of aryl methyl sites for hydroxylation is 2. The van der Waals surface area contributed by atoms with Crippen LogP contribution in [0.5, 0.6) is 0 Å². The lowest BCUT2D eigenvalue weighted by atomic mass is 10.1. The second-order valence-corrected chi connectivity index (χ2v) is 10.1. The van der Waals surface area contributed by atoms with Crippen LogP contribution in [0.3, 0.4) is 0 Å². The number of rotatable bonds is 6. The standard InChI is InChI=1S/C28H29N3O2S/c1-3-19-8-4-7-11-24(19)31(17-26(32)29-22-9-5-6-10-22)28(33)25-16-21-15-20-13-12-18(2)14-23(20)30-27(21)34-25/h4,7-8,11-16,22H,3,5-6,9-10,17H2,1-2H3,(H,29,32). The third-order valence-electron chi connectivity index (χ3n) is 6.60. The second kappa shape index (κ2) is 9.55. The maximum Gasteiger partial charge on any atom is 0.268 e. The molecule has 0 radical (unpaired) electrons. The van der Waals surface area contributed by atoms with Gasteiger partial charge in [-0.15, -0.1) is 11.3 Å². The molecule has 174 valence electrons. The molecule has 0 aliphatic heterocycles. The van der Waals surface area contributed by atoms with E-state index < -0.39 is 0 Å². The molecule has 1 fully saturated rings. The van der Waals surface area contributed by atoms with Gasteiger partial charge in [0.05, 0.1) is 10.4 Å². The predicted molar refractivity (Wildman–Crippen MR) is 140 cm³/mol. The second-order valence-electron chi connectivity index (χ2n) is 9.11. The number of thiophene rings is 1. The number of amides is 2. The van der Waals surface area contributed by atoms with Gasteiger partial charge in [0.1, 0.15) is 11.4 Å². The molecule has 2 aromatic carbocycles. The van der Waals surface area contributed by atoms with Crippen molar-refractivity contribution < 1.29 is 9.59 Å². The molecule has 1 N–H and O–H groups in total. The highest BCUT2D eigenvalue weighted by Gasteiger charge is 2.26. The van der Waals surface area contributed by atoms with Crippen molar-refractivity contribution in [3.8, 4) is 0 Å². The van der Waals surface area contributed by atoms with Gasteiger partial charge in [-0.3, -0.25) is 14.5 Å². The molecule has 4 aromatic rings. The molecular weight excluding hydrogens is 442 g/mol. The fourth-order valence-corrected chi connectivity index (χ4v) is 5.77. The molecule has 5 rings (SSSR count). The van der Waals surface area contributed by atoms with Gasteiger partial charge in [0, 0.05) is 22.5 Å². The lowest BCUT2D eigenvalue weighted by Crippen LogP contribution is -2.43. The first-order valence-electron chi connectivity index (χ1n) is 12.0. The number of anilines is 1. The van der Waals surface area contributed by atoms with Crippen LogP contribution in [0.1, 0.15) is 53.4 Å². The zero-order chi connectivity index (χ0) is 23.7. The van der Waals surface area contributed by atoms with Crippen molar-refractivity contribution in [1.82, 2.24) is 10.3 Å². The Labute approximate surface area is 203 Å². The van der Waals surface area contributed by atoms with Crippen LogP contribution >= 0.6 is 11.3 Å². The number of carbonyl (C=O) groups excluding carboxylic acids is 2. The maximum absolute atomic E-state index is 13.8. The molecule has 2 heterocycles. The molecule has 0 spiro atoms. The molecule has 1 aliphatic rings. The fraction of sp³-hybridized carbons (Fsp3) is 0.321. The third kappa shape index (κ3) is 4.55. The van der Waals surface area contributed by atoms with E-state index >= 15 is 0 Å². The number of hydrogen-bond donors (Lipinski definition) is 1. The van der Waals surface area contributed by atoms with Gasteiger partial charge < -0.3 is 5.32 Å². The first-order valence-corrected chi connectivity index (χ1v) is 12.8. The largest absolute Gasteiger partial charge is 0.352 e. The van der Waals surface area contributed by atoms with Gasteiger partial charge in [-0.05, 0) is 61.6 Å². The Balaban J connectivity index is 1.50. The molecule has 1 saturated carbocycles. The number of nitrogens with zero attached hydrogens (tertiary/aromatic N) is 2. The van der Waals surface area contributed by atoms with Crippen molar-refractivity contribution in [3.05, 3.63) is 70.6 Å². The molecular formula is C28H29N3O2S. The number of benzene rings is 2. The van der Waals surface area contributed by atoms with Crippen molar-refractivity contribution in [1.29, 1.82) is 0 Å². The summed E-state index contributed by atoms with van der Waals surface area (Å²) in [4.78, 5) is 34.7. The Bertz CT molecular complexity index is 1370. The van der Waals surface area contributed by atoms with Crippen LogP contribution in [-0.2, 0) is 11.2 Å². The average Bonchev–Trinajstić information content (AvgIpc) is 3.50. The van der Waals surface area contributed by atoms with Crippen LogP contribution in [0.15, 0.2) is 54.6 Å². The highest BCUT2D eigenvalue weighted by Crippen LogP contribution is 2.31. The minimum atomic E-state index is -0.161. The predicted octanol–water partition coefficient (Wildman–Crippen LogP) is 6.03.